The quantitative estimate of drug-likeness (QED) is 0.319. The lowest BCUT2D eigenvalue weighted by Crippen LogP contribution is -2.22. The SMILES string of the molecule is CCCCCCOC=O.CCN(CC)c1cccc(C(=O)c2ccccc2)c1O. The second-order valence-electron chi connectivity index (χ2n) is 6.57. The van der Waals surface area contributed by atoms with Gasteiger partial charge in [0, 0.05) is 18.7 Å². The van der Waals surface area contributed by atoms with E-state index in [1.165, 1.54) is 19.3 Å². The molecule has 2 aromatic rings. The molecule has 0 aliphatic rings. The van der Waals surface area contributed by atoms with Crippen LogP contribution in [0, 0.1) is 0 Å². The van der Waals surface area contributed by atoms with E-state index < -0.39 is 0 Å². The summed E-state index contributed by atoms with van der Waals surface area (Å²) in [4.78, 5) is 24.1. The number of ether oxygens (including phenoxy) is 1. The van der Waals surface area contributed by atoms with Crippen LogP contribution in [0.25, 0.3) is 0 Å². The molecule has 1 N–H and O–H groups in total. The van der Waals surface area contributed by atoms with Gasteiger partial charge in [0.25, 0.3) is 6.47 Å². The van der Waals surface area contributed by atoms with Crippen LogP contribution in [0.2, 0.25) is 0 Å². The van der Waals surface area contributed by atoms with Gasteiger partial charge in [-0.3, -0.25) is 9.59 Å². The standard InChI is InChI=1S/C17H19NO2.C7H14O2/c1-3-18(4-2)15-12-8-11-14(17(15)20)16(19)13-9-6-5-7-10-13;1-2-3-4-5-6-9-7-8/h5-12,20H,3-4H2,1-2H3;7H,2-6H2,1H3. The molecule has 158 valence electrons. The van der Waals surface area contributed by atoms with Crippen molar-refractivity contribution >= 4 is 17.9 Å². The van der Waals surface area contributed by atoms with Gasteiger partial charge >= 0.3 is 0 Å². The Kier molecular flexibility index (Phi) is 11.9. The molecule has 0 saturated heterocycles. The van der Waals surface area contributed by atoms with Gasteiger partial charge in [0.15, 0.2) is 5.78 Å². The average molecular weight is 400 g/mol. The second-order valence-corrected chi connectivity index (χ2v) is 6.57. The molecule has 0 heterocycles. The van der Waals surface area contributed by atoms with E-state index in [0.29, 0.717) is 29.9 Å². The van der Waals surface area contributed by atoms with Crippen LogP contribution < -0.4 is 4.90 Å². The molecule has 2 rings (SSSR count). The normalized spacial score (nSPS) is 9.90. The Morgan fingerprint density at radius 1 is 0.966 bits per heavy atom. The van der Waals surface area contributed by atoms with E-state index in [9.17, 15) is 14.7 Å². The van der Waals surface area contributed by atoms with Gasteiger partial charge in [-0.25, -0.2) is 0 Å². The molecule has 0 radical (unpaired) electrons. The fourth-order valence-corrected chi connectivity index (χ4v) is 2.94. The van der Waals surface area contributed by atoms with Crippen molar-refractivity contribution in [3.05, 3.63) is 59.7 Å². The predicted molar refractivity (Wildman–Crippen MR) is 118 cm³/mol. The first kappa shape index (κ1) is 24.2. The Labute approximate surface area is 174 Å². The maximum atomic E-state index is 12.4. The lowest BCUT2D eigenvalue weighted by molar-refractivity contribution is -0.128. The monoisotopic (exact) mass is 399 g/mol. The first-order chi connectivity index (χ1) is 14.1. The van der Waals surface area contributed by atoms with Gasteiger partial charge in [0.05, 0.1) is 17.9 Å². The van der Waals surface area contributed by atoms with Crippen molar-refractivity contribution in [1.82, 2.24) is 0 Å². The van der Waals surface area contributed by atoms with Crippen LogP contribution in [0.4, 0.5) is 5.69 Å². The molecular formula is C24H33NO4. The predicted octanol–water partition coefficient (Wildman–Crippen LogP) is 5.21. The van der Waals surface area contributed by atoms with Gasteiger partial charge in [-0.15, -0.1) is 0 Å². The van der Waals surface area contributed by atoms with Crippen molar-refractivity contribution in [2.75, 3.05) is 24.6 Å². The molecule has 0 aromatic heterocycles. The van der Waals surface area contributed by atoms with Crippen molar-refractivity contribution in [3.8, 4) is 5.75 Å². The van der Waals surface area contributed by atoms with Gasteiger partial charge in [0.2, 0.25) is 0 Å². The summed E-state index contributed by atoms with van der Waals surface area (Å²) in [5.41, 5.74) is 1.64. The molecule has 29 heavy (non-hydrogen) atoms. The summed E-state index contributed by atoms with van der Waals surface area (Å²) in [6.45, 7) is 8.86. The third-order valence-electron chi connectivity index (χ3n) is 4.58. The minimum atomic E-state index is -0.155. The van der Waals surface area contributed by atoms with Crippen molar-refractivity contribution in [3.63, 3.8) is 0 Å². The fourth-order valence-electron chi connectivity index (χ4n) is 2.94. The Bertz CT molecular complexity index is 727. The number of rotatable bonds is 11. The molecular weight excluding hydrogens is 366 g/mol. The van der Waals surface area contributed by atoms with Crippen molar-refractivity contribution in [2.45, 2.75) is 46.5 Å². The molecule has 0 aliphatic carbocycles. The number of phenolic OH excluding ortho intramolecular Hbond substituents is 1. The Hall–Kier alpha value is -2.82. The largest absolute Gasteiger partial charge is 0.505 e. The number of unbranched alkanes of at least 4 members (excludes halogenated alkanes) is 3. The fraction of sp³-hybridized carbons (Fsp3) is 0.417. The average Bonchev–Trinajstić information content (AvgIpc) is 2.76. The molecule has 0 saturated carbocycles. The van der Waals surface area contributed by atoms with Crippen LogP contribution in [0.1, 0.15) is 62.4 Å². The highest BCUT2D eigenvalue weighted by Gasteiger charge is 2.17. The van der Waals surface area contributed by atoms with E-state index in [1.54, 1.807) is 18.2 Å². The number of hydrogen-bond acceptors (Lipinski definition) is 5. The van der Waals surface area contributed by atoms with E-state index in [1.807, 2.05) is 49.1 Å². The summed E-state index contributed by atoms with van der Waals surface area (Å²) in [6.07, 6.45) is 4.64. The molecule has 0 atom stereocenters. The van der Waals surface area contributed by atoms with E-state index in [2.05, 4.69) is 11.7 Å². The molecule has 5 heteroatoms. The highest BCUT2D eigenvalue weighted by Crippen LogP contribution is 2.32. The maximum absolute atomic E-state index is 12.4. The van der Waals surface area contributed by atoms with E-state index in [-0.39, 0.29) is 11.5 Å². The van der Waals surface area contributed by atoms with E-state index in [4.69, 9.17) is 0 Å². The Balaban J connectivity index is 0.000000396. The molecule has 0 unspecified atom stereocenters. The smallest absolute Gasteiger partial charge is 0.293 e. The second kappa shape index (κ2) is 14.2. The minimum Gasteiger partial charge on any atom is -0.505 e. The number of benzene rings is 2. The third kappa shape index (κ3) is 7.98. The lowest BCUT2D eigenvalue weighted by atomic mass is 10.0. The Morgan fingerprint density at radius 3 is 2.24 bits per heavy atom. The number of para-hydroxylation sites is 1. The molecule has 5 nitrogen and oxygen atoms in total. The highest BCUT2D eigenvalue weighted by molar-refractivity contribution is 6.11. The first-order valence-corrected chi connectivity index (χ1v) is 10.3. The number of hydrogen-bond donors (Lipinski definition) is 1. The van der Waals surface area contributed by atoms with Gasteiger partial charge in [-0.2, -0.15) is 0 Å². The molecule has 0 fully saturated rings. The highest BCUT2D eigenvalue weighted by atomic mass is 16.5. The van der Waals surface area contributed by atoms with Crippen LogP contribution in [-0.4, -0.2) is 37.1 Å². The van der Waals surface area contributed by atoms with Crippen LogP contribution in [0.5, 0.6) is 5.75 Å². The maximum Gasteiger partial charge on any atom is 0.293 e. The number of aromatic hydroxyl groups is 1. The van der Waals surface area contributed by atoms with Gasteiger partial charge in [-0.1, -0.05) is 62.6 Å². The number of ketones is 1. The minimum absolute atomic E-state index is 0.0602. The van der Waals surface area contributed by atoms with Gasteiger partial charge < -0.3 is 14.7 Å². The summed E-state index contributed by atoms with van der Waals surface area (Å²) in [6, 6.07) is 14.3. The van der Waals surface area contributed by atoms with Crippen molar-refractivity contribution in [1.29, 1.82) is 0 Å². The molecule has 0 amide bonds. The first-order valence-electron chi connectivity index (χ1n) is 10.3. The zero-order valence-electron chi connectivity index (χ0n) is 17.8. The van der Waals surface area contributed by atoms with Crippen LogP contribution >= 0.6 is 0 Å². The van der Waals surface area contributed by atoms with E-state index in [0.717, 1.165) is 19.5 Å². The summed E-state index contributed by atoms with van der Waals surface area (Å²) < 4.78 is 4.50. The van der Waals surface area contributed by atoms with Gasteiger partial charge in [-0.05, 0) is 32.4 Å². The lowest BCUT2D eigenvalue weighted by Gasteiger charge is -2.22. The zero-order valence-corrected chi connectivity index (χ0v) is 17.8. The van der Waals surface area contributed by atoms with Gasteiger partial charge in [0.1, 0.15) is 5.75 Å². The van der Waals surface area contributed by atoms with Crippen molar-refractivity contribution < 1.29 is 19.4 Å². The topological polar surface area (TPSA) is 66.8 Å². The number of nitrogens with zero attached hydrogens (tertiary/aromatic N) is 1. The Morgan fingerprint density at radius 2 is 1.66 bits per heavy atom. The van der Waals surface area contributed by atoms with Crippen LogP contribution in [0.15, 0.2) is 48.5 Å². The molecule has 0 bridgehead atoms. The number of phenols is 1. The zero-order chi connectivity index (χ0) is 21.5. The molecule has 0 aliphatic heterocycles. The summed E-state index contributed by atoms with van der Waals surface area (Å²) in [5.74, 6) is -0.0952. The third-order valence-corrected chi connectivity index (χ3v) is 4.58. The number of carbonyl (C=O) groups is 2. The number of carbonyl (C=O) groups excluding carboxylic acids is 2. The number of anilines is 1. The van der Waals surface area contributed by atoms with E-state index >= 15 is 0 Å². The summed E-state index contributed by atoms with van der Waals surface area (Å²) >= 11 is 0. The summed E-state index contributed by atoms with van der Waals surface area (Å²) in [7, 11) is 0. The van der Waals surface area contributed by atoms with Crippen LogP contribution in [0.3, 0.4) is 0 Å². The summed E-state index contributed by atoms with van der Waals surface area (Å²) in [5, 5.41) is 10.4. The molecule has 0 spiro atoms. The van der Waals surface area contributed by atoms with Crippen molar-refractivity contribution in [2.24, 2.45) is 0 Å². The molecule has 2 aromatic carbocycles. The van der Waals surface area contributed by atoms with Crippen LogP contribution in [-0.2, 0) is 9.53 Å².